The van der Waals surface area contributed by atoms with Crippen LogP contribution in [0.4, 0.5) is 5.69 Å². The fourth-order valence-electron chi connectivity index (χ4n) is 2.90. The van der Waals surface area contributed by atoms with E-state index in [1.165, 1.54) is 6.92 Å². The number of benzene rings is 2. The quantitative estimate of drug-likeness (QED) is 0.674. The number of anilines is 1. The van der Waals surface area contributed by atoms with E-state index in [2.05, 4.69) is 10.4 Å². The summed E-state index contributed by atoms with van der Waals surface area (Å²) in [7, 11) is 0. The average Bonchev–Trinajstić information content (AvgIpc) is 3.03. The Labute approximate surface area is 168 Å². The maximum atomic E-state index is 12.7. The number of aryl methyl sites for hydroxylation is 1. The molecular weight excluding hydrogens is 368 g/mol. The number of hydrogen-bond donors (Lipinski definition) is 1. The molecule has 1 atom stereocenters. The Kier molecular flexibility index (Phi) is 5.74. The molecule has 2 aromatic carbocycles. The molecule has 0 spiro atoms. The largest absolute Gasteiger partial charge is 0.449 e. The normalized spacial score (nSPS) is 11.4. The second kappa shape index (κ2) is 8.40. The number of amides is 1. The number of nitrogens with zero attached hydrogens (tertiary/aromatic N) is 3. The van der Waals surface area contributed by atoms with Gasteiger partial charge in [0.05, 0.1) is 28.7 Å². The van der Waals surface area contributed by atoms with Gasteiger partial charge in [-0.25, -0.2) is 9.48 Å². The van der Waals surface area contributed by atoms with Gasteiger partial charge in [-0.05, 0) is 57.2 Å². The number of hydrogen-bond acceptors (Lipinski definition) is 5. The molecule has 1 N–H and O–H groups in total. The molecule has 0 aliphatic heterocycles. The zero-order valence-corrected chi connectivity index (χ0v) is 16.3. The number of rotatable bonds is 5. The van der Waals surface area contributed by atoms with Gasteiger partial charge in [0.15, 0.2) is 6.10 Å². The van der Waals surface area contributed by atoms with Crippen molar-refractivity contribution in [2.24, 2.45) is 0 Å². The summed E-state index contributed by atoms with van der Waals surface area (Å²) in [4.78, 5) is 25.0. The van der Waals surface area contributed by atoms with Crippen LogP contribution in [-0.2, 0) is 9.53 Å². The van der Waals surface area contributed by atoms with Crippen molar-refractivity contribution in [3.8, 4) is 11.8 Å². The summed E-state index contributed by atoms with van der Waals surface area (Å²) in [5.41, 5.74) is 3.34. The molecule has 0 bridgehead atoms. The molecule has 0 fully saturated rings. The number of para-hydroxylation sites is 1. The third kappa shape index (κ3) is 4.33. The molecule has 7 nitrogen and oxygen atoms in total. The summed E-state index contributed by atoms with van der Waals surface area (Å²) in [6, 6.07) is 17.9. The first-order valence-electron chi connectivity index (χ1n) is 9.04. The Bertz CT molecular complexity index is 1080. The topological polar surface area (TPSA) is 97.0 Å². The number of aromatic nitrogens is 2. The summed E-state index contributed by atoms with van der Waals surface area (Å²) in [5.74, 6) is -1.07. The van der Waals surface area contributed by atoms with E-state index in [1.54, 1.807) is 42.8 Å². The molecule has 0 aliphatic rings. The number of esters is 1. The van der Waals surface area contributed by atoms with Crippen molar-refractivity contribution < 1.29 is 14.3 Å². The van der Waals surface area contributed by atoms with Gasteiger partial charge >= 0.3 is 5.97 Å². The van der Waals surface area contributed by atoms with E-state index in [9.17, 15) is 9.59 Å². The molecule has 0 saturated heterocycles. The van der Waals surface area contributed by atoms with Crippen molar-refractivity contribution >= 4 is 17.6 Å². The van der Waals surface area contributed by atoms with Gasteiger partial charge in [0.2, 0.25) is 0 Å². The van der Waals surface area contributed by atoms with Crippen molar-refractivity contribution in [3.63, 3.8) is 0 Å². The van der Waals surface area contributed by atoms with Crippen LogP contribution in [0.2, 0.25) is 0 Å². The molecule has 1 aromatic heterocycles. The minimum Gasteiger partial charge on any atom is -0.449 e. The number of carbonyl (C=O) groups excluding carboxylic acids is 2. The Morgan fingerprint density at radius 2 is 1.76 bits per heavy atom. The van der Waals surface area contributed by atoms with Crippen LogP contribution in [0.25, 0.3) is 5.69 Å². The number of nitriles is 1. The van der Waals surface area contributed by atoms with Gasteiger partial charge in [-0.2, -0.15) is 10.4 Å². The lowest BCUT2D eigenvalue weighted by Gasteiger charge is -2.14. The number of nitrogens with one attached hydrogen (secondary N) is 1. The van der Waals surface area contributed by atoms with E-state index in [4.69, 9.17) is 10.00 Å². The first-order chi connectivity index (χ1) is 13.9. The maximum Gasteiger partial charge on any atom is 0.342 e. The first kappa shape index (κ1) is 19.8. The van der Waals surface area contributed by atoms with Gasteiger partial charge in [-0.3, -0.25) is 4.79 Å². The smallest absolute Gasteiger partial charge is 0.342 e. The molecule has 0 saturated carbocycles. The van der Waals surface area contributed by atoms with E-state index in [1.807, 2.05) is 36.4 Å². The van der Waals surface area contributed by atoms with Crippen molar-refractivity contribution in [2.75, 3.05) is 5.32 Å². The van der Waals surface area contributed by atoms with E-state index >= 15 is 0 Å². The molecule has 3 rings (SSSR count). The van der Waals surface area contributed by atoms with Gasteiger partial charge in [0.25, 0.3) is 5.91 Å². The Morgan fingerprint density at radius 1 is 1.10 bits per heavy atom. The third-order valence-electron chi connectivity index (χ3n) is 4.43. The molecule has 29 heavy (non-hydrogen) atoms. The Hall–Kier alpha value is -3.92. The second-order valence-electron chi connectivity index (χ2n) is 6.52. The van der Waals surface area contributed by atoms with Gasteiger partial charge in [-0.15, -0.1) is 0 Å². The van der Waals surface area contributed by atoms with Gasteiger partial charge in [0, 0.05) is 5.69 Å². The second-order valence-corrected chi connectivity index (χ2v) is 6.52. The van der Waals surface area contributed by atoms with Crippen LogP contribution in [-0.4, -0.2) is 27.8 Å². The van der Waals surface area contributed by atoms with Crippen LogP contribution in [0.1, 0.15) is 34.2 Å². The average molecular weight is 388 g/mol. The summed E-state index contributed by atoms with van der Waals surface area (Å²) >= 11 is 0. The SMILES string of the molecule is Cc1nn(-c2ccccc2)c(C)c1C(=O)O[C@@H](C)C(=O)Nc1ccc(C#N)cc1. The summed E-state index contributed by atoms with van der Waals surface area (Å²) in [6.45, 7) is 5.01. The zero-order valence-electron chi connectivity index (χ0n) is 16.3. The monoisotopic (exact) mass is 388 g/mol. The predicted octanol–water partition coefficient (Wildman–Crippen LogP) is 3.54. The lowest BCUT2D eigenvalue weighted by Crippen LogP contribution is -2.30. The summed E-state index contributed by atoms with van der Waals surface area (Å²) in [5, 5.41) is 15.9. The fourth-order valence-corrected chi connectivity index (χ4v) is 2.90. The molecule has 1 heterocycles. The van der Waals surface area contributed by atoms with Gasteiger partial charge < -0.3 is 10.1 Å². The fraction of sp³-hybridized carbons (Fsp3) is 0.182. The molecule has 0 aliphatic carbocycles. The first-order valence-corrected chi connectivity index (χ1v) is 9.04. The van der Waals surface area contributed by atoms with Gasteiger partial charge in [0.1, 0.15) is 5.56 Å². The predicted molar refractivity (Wildman–Crippen MR) is 108 cm³/mol. The Morgan fingerprint density at radius 3 is 2.38 bits per heavy atom. The highest BCUT2D eigenvalue weighted by molar-refractivity contribution is 5.98. The highest BCUT2D eigenvalue weighted by atomic mass is 16.5. The maximum absolute atomic E-state index is 12.7. The Balaban J connectivity index is 1.71. The van der Waals surface area contributed by atoms with E-state index in [-0.39, 0.29) is 0 Å². The molecule has 146 valence electrons. The molecule has 0 unspecified atom stereocenters. The van der Waals surface area contributed by atoms with Crippen LogP contribution in [0.5, 0.6) is 0 Å². The number of ether oxygens (including phenoxy) is 1. The van der Waals surface area contributed by atoms with Crippen LogP contribution >= 0.6 is 0 Å². The summed E-state index contributed by atoms with van der Waals surface area (Å²) in [6.07, 6.45) is -1.00. The molecular formula is C22H20N4O3. The van der Waals surface area contributed by atoms with Crippen LogP contribution < -0.4 is 5.32 Å². The summed E-state index contributed by atoms with van der Waals surface area (Å²) < 4.78 is 7.04. The van der Waals surface area contributed by atoms with E-state index < -0.39 is 18.0 Å². The zero-order chi connectivity index (χ0) is 21.0. The number of carbonyl (C=O) groups is 2. The van der Waals surface area contributed by atoms with Gasteiger partial charge in [-0.1, -0.05) is 18.2 Å². The van der Waals surface area contributed by atoms with E-state index in [0.717, 1.165) is 5.69 Å². The van der Waals surface area contributed by atoms with Crippen molar-refractivity contribution in [3.05, 3.63) is 77.1 Å². The lowest BCUT2D eigenvalue weighted by atomic mass is 10.2. The van der Waals surface area contributed by atoms with Crippen LogP contribution in [0, 0.1) is 25.2 Å². The molecule has 0 radical (unpaired) electrons. The third-order valence-corrected chi connectivity index (χ3v) is 4.43. The molecule has 7 heteroatoms. The minimum atomic E-state index is -1.00. The lowest BCUT2D eigenvalue weighted by molar-refractivity contribution is -0.123. The molecule has 3 aromatic rings. The highest BCUT2D eigenvalue weighted by Gasteiger charge is 2.25. The van der Waals surface area contributed by atoms with E-state index in [0.29, 0.717) is 28.2 Å². The minimum absolute atomic E-state index is 0.340. The van der Waals surface area contributed by atoms with Crippen molar-refractivity contribution in [2.45, 2.75) is 26.9 Å². The van der Waals surface area contributed by atoms with Crippen LogP contribution in [0.3, 0.4) is 0 Å². The van der Waals surface area contributed by atoms with Crippen molar-refractivity contribution in [1.82, 2.24) is 9.78 Å². The molecule has 1 amide bonds. The highest BCUT2D eigenvalue weighted by Crippen LogP contribution is 2.19. The standard InChI is InChI=1S/C22H20N4O3/c1-14-20(15(2)26(25-14)19-7-5-4-6-8-19)22(28)29-16(3)21(27)24-18-11-9-17(13-23)10-12-18/h4-12,16H,1-3H3,(H,24,27)/t16-/m0/s1. The van der Waals surface area contributed by atoms with Crippen molar-refractivity contribution in [1.29, 1.82) is 5.26 Å². The van der Waals surface area contributed by atoms with Crippen LogP contribution in [0.15, 0.2) is 54.6 Å².